The molecule has 3 aliphatic rings. The van der Waals surface area contributed by atoms with Crippen LogP contribution in [0.15, 0.2) is 12.2 Å². The summed E-state index contributed by atoms with van der Waals surface area (Å²) in [6, 6.07) is 0. The molecule has 1 saturated heterocycles. The van der Waals surface area contributed by atoms with E-state index in [1.54, 1.807) is 0 Å². The van der Waals surface area contributed by atoms with Crippen LogP contribution in [-0.2, 0) is 0 Å². The Balaban J connectivity index is 1.54. The minimum Gasteiger partial charge on any atom is -0.304 e. The third-order valence-corrected chi connectivity index (χ3v) is 5.37. The van der Waals surface area contributed by atoms with Gasteiger partial charge in [-0.05, 0) is 44.7 Å². The molecule has 0 aromatic rings. The van der Waals surface area contributed by atoms with Crippen LogP contribution in [0.2, 0.25) is 0 Å². The van der Waals surface area contributed by atoms with Gasteiger partial charge in [-0.3, -0.25) is 0 Å². The van der Waals surface area contributed by atoms with E-state index in [0.29, 0.717) is 0 Å². The minimum absolute atomic E-state index is 0.896. The molecule has 108 valence electrons. The molecule has 3 atom stereocenters. The molecule has 0 aromatic heterocycles. The monoisotopic (exact) mass is 263 g/mol. The maximum Gasteiger partial charge on any atom is 0.0110 e. The van der Waals surface area contributed by atoms with Gasteiger partial charge in [-0.25, -0.2) is 0 Å². The van der Waals surface area contributed by atoms with E-state index in [2.05, 4.69) is 40.9 Å². The van der Waals surface area contributed by atoms with Crippen molar-refractivity contribution in [1.82, 2.24) is 14.7 Å². The lowest BCUT2D eigenvalue weighted by molar-refractivity contribution is 0.192. The van der Waals surface area contributed by atoms with Crippen molar-refractivity contribution in [3.63, 3.8) is 0 Å². The van der Waals surface area contributed by atoms with Crippen LogP contribution in [0, 0.1) is 17.8 Å². The summed E-state index contributed by atoms with van der Waals surface area (Å²) in [6.45, 7) is 8.70. The number of hydrogen-bond acceptors (Lipinski definition) is 3. The molecule has 0 spiro atoms. The van der Waals surface area contributed by atoms with Gasteiger partial charge in [0.2, 0.25) is 0 Å². The van der Waals surface area contributed by atoms with Crippen molar-refractivity contribution >= 4 is 0 Å². The second-order valence-corrected chi connectivity index (χ2v) is 6.95. The Kier molecular flexibility index (Phi) is 4.25. The lowest BCUT2D eigenvalue weighted by Crippen LogP contribution is -2.38. The third kappa shape index (κ3) is 3.39. The van der Waals surface area contributed by atoms with E-state index in [1.807, 2.05) is 0 Å². The van der Waals surface area contributed by atoms with E-state index in [1.165, 1.54) is 58.7 Å². The number of nitrogens with zero attached hydrogens (tertiary/aromatic N) is 3. The second kappa shape index (κ2) is 5.94. The first-order valence-corrected chi connectivity index (χ1v) is 7.98. The molecule has 0 N–H and O–H groups in total. The first-order valence-electron chi connectivity index (χ1n) is 7.98. The largest absolute Gasteiger partial charge is 0.304 e. The quantitative estimate of drug-likeness (QED) is 0.697. The fourth-order valence-corrected chi connectivity index (χ4v) is 3.92. The molecule has 0 aromatic carbocycles. The van der Waals surface area contributed by atoms with Crippen LogP contribution < -0.4 is 0 Å². The van der Waals surface area contributed by atoms with Crippen LogP contribution in [0.25, 0.3) is 0 Å². The van der Waals surface area contributed by atoms with Gasteiger partial charge in [0.1, 0.15) is 0 Å². The Morgan fingerprint density at radius 3 is 2.00 bits per heavy atom. The van der Waals surface area contributed by atoms with Crippen LogP contribution in [-0.4, -0.2) is 74.6 Å². The number of likely N-dealkylation sites (N-methyl/N-ethyl adjacent to an activating group) is 2. The van der Waals surface area contributed by atoms with Gasteiger partial charge in [-0.1, -0.05) is 12.2 Å². The Hall–Kier alpha value is -0.380. The Bertz CT molecular complexity index is 314. The normalized spacial score (nSPS) is 38.3. The number of rotatable bonds is 2. The Labute approximate surface area is 118 Å². The van der Waals surface area contributed by atoms with Crippen molar-refractivity contribution in [3.8, 4) is 0 Å². The van der Waals surface area contributed by atoms with Crippen molar-refractivity contribution in [2.75, 3.05) is 59.9 Å². The number of allylic oxidation sites excluding steroid dienone is 2. The standard InChI is InChI=1S/C16H29N3/c1-17-5-6-18(2)8-10-19(9-7-17)13-16-12-14-3-4-15(16)11-14/h3-4,14-16H,5-13H2,1-2H3. The molecule has 3 rings (SSSR count). The van der Waals surface area contributed by atoms with E-state index in [4.69, 9.17) is 0 Å². The molecule has 3 heteroatoms. The smallest absolute Gasteiger partial charge is 0.0110 e. The summed E-state index contributed by atoms with van der Waals surface area (Å²) in [7, 11) is 4.52. The van der Waals surface area contributed by atoms with Gasteiger partial charge in [0.15, 0.2) is 0 Å². The van der Waals surface area contributed by atoms with Crippen molar-refractivity contribution in [3.05, 3.63) is 12.2 Å². The lowest BCUT2D eigenvalue weighted by Gasteiger charge is -2.29. The molecule has 3 unspecified atom stereocenters. The summed E-state index contributed by atoms with van der Waals surface area (Å²) in [6.07, 6.45) is 7.84. The van der Waals surface area contributed by atoms with Gasteiger partial charge in [-0.15, -0.1) is 0 Å². The molecule has 19 heavy (non-hydrogen) atoms. The molecular formula is C16H29N3. The highest BCUT2D eigenvalue weighted by Crippen LogP contribution is 2.43. The Morgan fingerprint density at radius 2 is 1.47 bits per heavy atom. The average Bonchev–Trinajstić information content (AvgIpc) is 3.01. The van der Waals surface area contributed by atoms with Crippen molar-refractivity contribution in [2.45, 2.75) is 12.8 Å². The molecule has 3 nitrogen and oxygen atoms in total. The molecule has 2 aliphatic carbocycles. The summed E-state index contributed by atoms with van der Waals surface area (Å²) in [5, 5.41) is 0. The zero-order valence-electron chi connectivity index (χ0n) is 12.6. The summed E-state index contributed by atoms with van der Waals surface area (Å²) in [5.74, 6) is 2.75. The van der Waals surface area contributed by atoms with Gasteiger partial charge in [0.05, 0.1) is 0 Å². The first kappa shape index (κ1) is 13.6. The molecule has 2 fully saturated rings. The maximum atomic E-state index is 2.72. The average molecular weight is 263 g/mol. The van der Waals surface area contributed by atoms with E-state index in [-0.39, 0.29) is 0 Å². The zero-order chi connectivity index (χ0) is 13.2. The predicted octanol–water partition coefficient (Wildman–Crippen LogP) is 1.38. The first-order chi connectivity index (χ1) is 9.20. The predicted molar refractivity (Wildman–Crippen MR) is 80.3 cm³/mol. The topological polar surface area (TPSA) is 9.72 Å². The lowest BCUT2D eigenvalue weighted by atomic mass is 9.93. The highest BCUT2D eigenvalue weighted by molar-refractivity contribution is 5.10. The molecule has 1 aliphatic heterocycles. The second-order valence-electron chi connectivity index (χ2n) is 6.95. The summed E-state index contributed by atoms with van der Waals surface area (Å²) < 4.78 is 0. The fraction of sp³-hybridized carbons (Fsp3) is 0.875. The van der Waals surface area contributed by atoms with Gasteiger partial charge in [0.25, 0.3) is 0 Å². The summed E-state index contributed by atoms with van der Waals surface area (Å²) in [5.41, 5.74) is 0. The molecule has 1 saturated carbocycles. The van der Waals surface area contributed by atoms with Gasteiger partial charge in [-0.2, -0.15) is 0 Å². The van der Waals surface area contributed by atoms with Crippen molar-refractivity contribution in [1.29, 1.82) is 0 Å². The van der Waals surface area contributed by atoms with Crippen LogP contribution in [0.5, 0.6) is 0 Å². The van der Waals surface area contributed by atoms with Crippen LogP contribution in [0.1, 0.15) is 12.8 Å². The highest BCUT2D eigenvalue weighted by atomic mass is 15.2. The maximum absolute atomic E-state index is 2.72. The van der Waals surface area contributed by atoms with Crippen LogP contribution in [0.4, 0.5) is 0 Å². The van der Waals surface area contributed by atoms with Crippen LogP contribution in [0.3, 0.4) is 0 Å². The van der Waals surface area contributed by atoms with Crippen molar-refractivity contribution in [2.24, 2.45) is 17.8 Å². The fourth-order valence-electron chi connectivity index (χ4n) is 3.92. The highest BCUT2D eigenvalue weighted by Gasteiger charge is 2.36. The van der Waals surface area contributed by atoms with E-state index >= 15 is 0 Å². The van der Waals surface area contributed by atoms with E-state index in [9.17, 15) is 0 Å². The molecule has 0 amide bonds. The van der Waals surface area contributed by atoms with Gasteiger partial charge >= 0.3 is 0 Å². The molecular weight excluding hydrogens is 234 g/mol. The molecule has 0 radical (unpaired) electrons. The third-order valence-electron chi connectivity index (χ3n) is 5.37. The summed E-state index contributed by atoms with van der Waals surface area (Å²) >= 11 is 0. The zero-order valence-corrected chi connectivity index (χ0v) is 12.6. The number of hydrogen-bond donors (Lipinski definition) is 0. The van der Waals surface area contributed by atoms with E-state index in [0.717, 1.165) is 17.8 Å². The van der Waals surface area contributed by atoms with Gasteiger partial charge in [0, 0.05) is 45.8 Å². The molecule has 1 heterocycles. The minimum atomic E-state index is 0.896. The van der Waals surface area contributed by atoms with E-state index < -0.39 is 0 Å². The van der Waals surface area contributed by atoms with Crippen molar-refractivity contribution < 1.29 is 0 Å². The summed E-state index contributed by atoms with van der Waals surface area (Å²) in [4.78, 5) is 7.68. The Morgan fingerprint density at radius 1 is 0.842 bits per heavy atom. The SMILES string of the molecule is CN1CCN(C)CCN(CC2CC3C=CC2C3)CC1. The van der Waals surface area contributed by atoms with Crippen LogP contribution >= 0.6 is 0 Å². The molecule has 2 bridgehead atoms. The number of fused-ring (bicyclic) bond motifs is 2. The van der Waals surface area contributed by atoms with Gasteiger partial charge < -0.3 is 14.7 Å².